The van der Waals surface area contributed by atoms with E-state index in [9.17, 15) is 0 Å². The van der Waals surface area contributed by atoms with Gasteiger partial charge in [0.2, 0.25) is 0 Å². The van der Waals surface area contributed by atoms with Gasteiger partial charge in [0.1, 0.15) is 5.84 Å². The third-order valence-corrected chi connectivity index (χ3v) is 3.39. The van der Waals surface area contributed by atoms with Crippen LogP contribution in [0.15, 0.2) is 16.3 Å². The van der Waals surface area contributed by atoms with Crippen LogP contribution in [0.3, 0.4) is 0 Å². The number of aliphatic imine (C=N–C) groups is 1. The highest BCUT2D eigenvalue weighted by Crippen LogP contribution is 2.36. The Morgan fingerprint density at radius 2 is 2.00 bits per heavy atom. The number of rotatable bonds is 0. The van der Waals surface area contributed by atoms with E-state index in [1.54, 1.807) is 11.3 Å². The smallest absolute Gasteiger partial charge is 0.107 e. The van der Waals surface area contributed by atoms with Gasteiger partial charge in [-0.3, -0.25) is 4.99 Å². The van der Waals surface area contributed by atoms with Gasteiger partial charge in [-0.25, -0.2) is 0 Å². The first kappa shape index (κ1) is 7.60. The van der Waals surface area contributed by atoms with Crippen LogP contribution in [-0.4, -0.2) is 23.8 Å². The molecule has 1 aliphatic carbocycles. The van der Waals surface area contributed by atoms with E-state index < -0.39 is 0 Å². The number of nitrogens with zero attached hydrogens (tertiary/aromatic N) is 2. The SMILES string of the molecule is C1CCC2=C(C1)CC1=NCCCN12. The van der Waals surface area contributed by atoms with E-state index in [1.807, 2.05) is 0 Å². The molecule has 0 N–H and O–H groups in total. The van der Waals surface area contributed by atoms with Crippen LogP contribution in [0, 0.1) is 0 Å². The van der Waals surface area contributed by atoms with Crippen molar-refractivity contribution in [1.29, 1.82) is 0 Å². The molecule has 0 aromatic rings. The van der Waals surface area contributed by atoms with E-state index in [2.05, 4.69) is 9.89 Å². The lowest BCUT2D eigenvalue weighted by Gasteiger charge is -2.27. The van der Waals surface area contributed by atoms with E-state index in [-0.39, 0.29) is 0 Å². The Kier molecular flexibility index (Phi) is 1.67. The summed E-state index contributed by atoms with van der Waals surface area (Å²) in [7, 11) is 0. The fourth-order valence-corrected chi connectivity index (χ4v) is 2.75. The molecule has 0 fully saturated rings. The molecule has 70 valence electrons. The molecule has 2 heterocycles. The van der Waals surface area contributed by atoms with Crippen molar-refractivity contribution in [1.82, 2.24) is 4.90 Å². The van der Waals surface area contributed by atoms with E-state index in [0.717, 1.165) is 6.54 Å². The van der Waals surface area contributed by atoms with E-state index in [4.69, 9.17) is 0 Å². The highest BCUT2D eigenvalue weighted by Gasteiger charge is 2.30. The molecule has 3 rings (SSSR count). The van der Waals surface area contributed by atoms with Crippen LogP contribution in [-0.2, 0) is 0 Å². The van der Waals surface area contributed by atoms with Crippen LogP contribution in [0.2, 0.25) is 0 Å². The summed E-state index contributed by atoms with van der Waals surface area (Å²) in [6, 6.07) is 0. The zero-order valence-electron chi connectivity index (χ0n) is 8.05. The number of allylic oxidation sites excluding steroid dienone is 1. The number of amidine groups is 1. The predicted octanol–water partition coefficient (Wildman–Crippen LogP) is 2.32. The molecule has 0 unspecified atom stereocenters. The second-order valence-electron chi connectivity index (χ2n) is 4.24. The third kappa shape index (κ3) is 1.11. The number of hydrogen-bond acceptors (Lipinski definition) is 2. The summed E-state index contributed by atoms with van der Waals surface area (Å²) in [6.07, 6.45) is 7.87. The summed E-state index contributed by atoms with van der Waals surface area (Å²) in [5.41, 5.74) is 3.34. The Morgan fingerprint density at radius 1 is 1.08 bits per heavy atom. The normalized spacial score (nSPS) is 27.1. The van der Waals surface area contributed by atoms with Crippen molar-refractivity contribution in [3.8, 4) is 0 Å². The van der Waals surface area contributed by atoms with Crippen LogP contribution in [0.1, 0.15) is 38.5 Å². The van der Waals surface area contributed by atoms with E-state index >= 15 is 0 Å². The summed E-state index contributed by atoms with van der Waals surface area (Å²) >= 11 is 0. The molecule has 0 aromatic carbocycles. The lowest BCUT2D eigenvalue weighted by molar-refractivity contribution is 0.448. The predicted molar refractivity (Wildman–Crippen MR) is 53.7 cm³/mol. The Morgan fingerprint density at radius 3 is 3.00 bits per heavy atom. The number of hydrogen-bond donors (Lipinski definition) is 0. The fraction of sp³-hybridized carbons (Fsp3) is 0.727. The molecule has 2 nitrogen and oxygen atoms in total. The molecule has 0 radical (unpaired) electrons. The van der Waals surface area contributed by atoms with Gasteiger partial charge < -0.3 is 4.90 Å². The molecule has 13 heavy (non-hydrogen) atoms. The zero-order valence-corrected chi connectivity index (χ0v) is 8.05. The zero-order chi connectivity index (χ0) is 8.67. The summed E-state index contributed by atoms with van der Waals surface area (Å²) < 4.78 is 0. The molecular formula is C11H16N2. The molecule has 0 saturated carbocycles. The van der Waals surface area contributed by atoms with Crippen molar-refractivity contribution in [3.05, 3.63) is 11.3 Å². The largest absolute Gasteiger partial charge is 0.334 e. The Balaban J connectivity index is 1.94. The van der Waals surface area contributed by atoms with Crippen molar-refractivity contribution in [3.63, 3.8) is 0 Å². The maximum absolute atomic E-state index is 4.62. The van der Waals surface area contributed by atoms with Crippen LogP contribution < -0.4 is 0 Å². The summed E-state index contributed by atoms with van der Waals surface area (Å²) in [5.74, 6) is 1.37. The molecule has 0 amide bonds. The minimum Gasteiger partial charge on any atom is -0.334 e. The van der Waals surface area contributed by atoms with Gasteiger partial charge in [0.05, 0.1) is 0 Å². The minimum absolute atomic E-state index is 1.06. The second-order valence-corrected chi connectivity index (χ2v) is 4.24. The molecule has 3 aliphatic rings. The Hall–Kier alpha value is -0.790. The summed E-state index contributed by atoms with van der Waals surface area (Å²) in [6.45, 7) is 2.30. The summed E-state index contributed by atoms with van der Waals surface area (Å²) in [4.78, 5) is 7.11. The van der Waals surface area contributed by atoms with Crippen molar-refractivity contribution in [2.45, 2.75) is 38.5 Å². The average Bonchev–Trinajstić information content (AvgIpc) is 2.56. The van der Waals surface area contributed by atoms with Crippen molar-refractivity contribution in [2.24, 2.45) is 4.99 Å². The third-order valence-electron chi connectivity index (χ3n) is 3.39. The summed E-state index contributed by atoms with van der Waals surface area (Å²) in [5, 5.41) is 0. The maximum atomic E-state index is 4.62. The monoisotopic (exact) mass is 176 g/mol. The average molecular weight is 176 g/mol. The fourth-order valence-electron chi connectivity index (χ4n) is 2.75. The first-order chi connectivity index (χ1) is 6.45. The van der Waals surface area contributed by atoms with Gasteiger partial charge in [0.15, 0.2) is 0 Å². The van der Waals surface area contributed by atoms with Crippen molar-refractivity contribution < 1.29 is 0 Å². The van der Waals surface area contributed by atoms with Gasteiger partial charge in [-0.05, 0) is 37.7 Å². The van der Waals surface area contributed by atoms with Crippen molar-refractivity contribution >= 4 is 5.84 Å². The van der Waals surface area contributed by atoms with E-state index in [1.165, 1.54) is 50.9 Å². The molecule has 0 atom stereocenters. The Bertz CT molecular complexity index is 288. The topological polar surface area (TPSA) is 15.6 Å². The highest BCUT2D eigenvalue weighted by atomic mass is 15.2. The van der Waals surface area contributed by atoms with Crippen LogP contribution in [0.25, 0.3) is 0 Å². The Labute approximate surface area is 79.3 Å². The van der Waals surface area contributed by atoms with Gasteiger partial charge in [-0.2, -0.15) is 0 Å². The first-order valence-corrected chi connectivity index (χ1v) is 5.47. The molecule has 0 bridgehead atoms. The highest BCUT2D eigenvalue weighted by molar-refractivity contribution is 5.89. The van der Waals surface area contributed by atoms with Gasteiger partial charge in [-0.15, -0.1) is 0 Å². The standard InChI is InChI=1S/C11H16N2/c1-2-5-10-9(4-1)8-11-12-6-3-7-13(10)11/h1-8H2. The molecule has 2 heteroatoms. The maximum Gasteiger partial charge on any atom is 0.107 e. The van der Waals surface area contributed by atoms with Crippen molar-refractivity contribution in [2.75, 3.05) is 13.1 Å². The molecular weight excluding hydrogens is 160 g/mol. The van der Waals surface area contributed by atoms with Gasteiger partial charge in [-0.1, -0.05) is 0 Å². The minimum atomic E-state index is 1.06. The van der Waals surface area contributed by atoms with Gasteiger partial charge in [0, 0.05) is 25.2 Å². The molecule has 2 aliphatic heterocycles. The van der Waals surface area contributed by atoms with E-state index in [0.29, 0.717) is 0 Å². The molecule has 0 aromatic heterocycles. The van der Waals surface area contributed by atoms with Gasteiger partial charge >= 0.3 is 0 Å². The lowest BCUT2D eigenvalue weighted by atomic mass is 9.96. The molecule has 0 spiro atoms. The van der Waals surface area contributed by atoms with Crippen LogP contribution >= 0.6 is 0 Å². The first-order valence-electron chi connectivity index (χ1n) is 5.47. The quantitative estimate of drug-likeness (QED) is 0.553. The van der Waals surface area contributed by atoms with Gasteiger partial charge in [0.25, 0.3) is 0 Å². The molecule has 0 saturated heterocycles. The van der Waals surface area contributed by atoms with Crippen LogP contribution in [0.4, 0.5) is 0 Å². The number of fused-ring (bicyclic) bond motifs is 2. The lowest BCUT2D eigenvalue weighted by Crippen LogP contribution is -2.30. The van der Waals surface area contributed by atoms with Crippen LogP contribution in [0.5, 0.6) is 0 Å². The second kappa shape index (κ2) is 2.86.